The van der Waals surface area contributed by atoms with E-state index < -0.39 is 24.0 Å². The van der Waals surface area contributed by atoms with E-state index in [1.165, 1.54) is 0 Å². The molecule has 0 aromatic heterocycles. The van der Waals surface area contributed by atoms with Crippen molar-refractivity contribution < 1.29 is 42.7 Å². The van der Waals surface area contributed by atoms with Crippen LogP contribution in [0.4, 0.5) is 0 Å². The first-order valence-electron chi connectivity index (χ1n) is 11.6. The van der Waals surface area contributed by atoms with Gasteiger partial charge >= 0.3 is 11.9 Å². The van der Waals surface area contributed by atoms with E-state index in [1.54, 1.807) is 13.8 Å². The van der Waals surface area contributed by atoms with Crippen LogP contribution in [0.1, 0.15) is 25.0 Å². The van der Waals surface area contributed by atoms with Gasteiger partial charge in [0.05, 0.1) is 18.8 Å². The van der Waals surface area contributed by atoms with Crippen LogP contribution in [0, 0.1) is 5.92 Å². The van der Waals surface area contributed by atoms with Gasteiger partial charge in [-0.05, 0) is 49.2 Å². The molecule has 2 atom stereocenters. The summed E-state index contributed by atoms with van der Waals surface area (Å²) in [5.74, 6) is 0.915. The molecule has 9 nitrogen and oxygen atoms in total. The number of carbonyl (C=O) groups excluding carboxylic acids is 2. The zero-order valence-electron chi connectivity index (χ0n) is 19.5. The Balaban J connectivity index is 1.47. The molecule has 0 fully saturated rings. The first kappa shape index (κ1) is 22.9. The third kappa shape index (κ3) is 4.58. The minimum Gasteiger partial charge on any atom is -0.492 e. The van der Waals surface area contributed by atoms with Crippen molar-refractivity contribution in [3.05, 3.63) is 58.9 Å². The van der Waals surface area contributed by atoms with Gasteiger partial charge in [0.15, 0.2) is 23.0 Å². The predicted octanol–water partition coefficient (Wildman–Crippen LogP) is 3.32. The summed E-state index contributed by atoms with van der Waals surface area (Å²) >= 11 is 0. The number of hydrogen-bond donors (Lipinski definition) is 0. The van der Waals surface area contributed by atoms with Crippen LogP contribution in [0.25, 0.3) is 0 Å². The smallest absolute Gasteiger partial charge is 0.338 e. The second kappa shape index (κ2) is 9.77. The molecule has 35 heavy (non-hydrogen) atoms. The summed E-state index contributed by atoms with van der Waals surface area (Å²) < 4.78 is 38.7. The number of rotatable bonds is 8. The van der Waals surface area contributed by atoms with Gasteiger partial charge in [0, 0.05) is 12.8 Å². The molecule has 0 bridgehead atoms. The van der Waals surface area contributed by atoms with Crippen LogP contribution >= 0.6 is 0 Å². The van der Waals surface area contributed by atoms with Crippen LogP contribution in [-0.2, 0) is 36.6 Å². The molecule has 0 N–H and O–H groups in total. The van der Waals surface area contributed by atoms with Gasteiger partial charge in [0.2, 0.25) is 13.6 Å². The van der Waals surface area contributed by atoms with Gasteiger partial charge in [-0.15, -0.1) is 0 Å². The summed E-state index contributed by atoms with van der Waals surface area (Å²) in [5.41, 5.74) is 1.91. The quantitative estimate of drug-likeness (QED) is 0.525. The second-order valence-corrected chi connectivity index (χ2v) is 8.20. The Labute approximate surface area is 202 Å². The highest BCUT2D eigenvalue weighted by Crippen LogP contribution is 2.40. The Morgan fingerprint density at radius 1 is 0.829 bits per heavy atom. The minimum absolute atomic E-state index is 0.161. The van der Waals surface area contributed by atoms with E-state index in [2.05, 4.69) is 0 Å². The Kier molecular flexibility index (Phi) is 6.39. The fourth-order valence-corrected chi connectivity index (χ4v) is 4.46. The van der Waals surface area contributed by atoms with Crippen LogP contribution in [0.15, 0.2) is 47.7 Å². The van der Waals surface area contributed by atoms with Gasteiger partial charge in [-0.2, -0.15) is 0 Å². The van der Waals surface area contributed by atoms with E-state index in [1.807, 2.05) is 36.4 Å². The molecular formula is C26H26O9. The van der Waals surface area contributed by atoms with Crippen molar-refractivity contribution in [1.82, 2.24) is 0 Å². The van der Waals surface area contributed by atoms with Crippen LogP contribution in [0.5, 0.6) is 23.0 Å². The van der Waals surface area contributed by atoms with Gasteiger partial charge in [-0.3, -0.25) is 4.79 Å². The topological polar surface area (TPSA) is 98.8 Å². The first-order valence-corrected chi connectivity index (χ1v) is 11.6. The number of esters is 2. The van der Waals surface area contributed by atoms with Gasteiger partial charge in [0.25, 0.3) is 0 Å². The van der Waals surface area contributed by atoms with Crippen molar-refractivity contribution in [1.29, 1.82) is 0 Å². The van der Waals surface area contributed by atoms with Gasteiger partial charge in [-0.1, -0.05) is 12.1 Å². The molecule has 0 amide bonds. The molecule has 0 saturated heterocycles. The molecule has 0 unspecified atom stereocenters. The average molecular weight is 482 g/mol. The summed E-state index contributed by atoms with van der Waals surface area (Å²) in [6.45, 7) is 4.12. The Bertz CT molecular complexity index is 1170. The average Bonchev–Trinajstić information content (AvgIpc) is 3.57. The van der Waals surface area contributed by atoms with Crippen molar-refractivity contribution in [3.63, 3.8) is 0 Å². The normalized spacial score (nSPS) is 19.5. The van der Waals surface area contributed by atoms with Gasteiger partial charge in [-0.25, -0.2) is 4.79 Å². The molecule has 2 aromatic carbocycles. The lowest BCUT2D eigenvalue weighted by molar-refractivity contribution is -0.152. The maximum atomic E-state index is 13.1. The minimum atomic E-state index is -0.927. The Morgan fingerprint density at radius 2 is 1.43 bits per heavy atom. The maximum absolute atomic E-state index is 13.1. The molecule has 0 spiro atoms. The molecule has 0 radical (unpaired) electrons. The second-order valence-electron chi connectivity index (χ2n) is 8.20. The summed E-state index contributed by atoms with van der Waals surface area (Å²) in [4.78, 5) is 26.1. The first-order chi connectivity index (χ1) is 17.1. The molecule has 0 saturated carbocycles. The maximum Gasteiger partial charge on any atom is 0.338 e. The molecule has 0 aliphatic carbocycles. The SMILES string of the molecule is CCOC(=O)C1=C(Cc2ccc3c(c2)OCO3)O[C@@H](Cc2ccc3c(c2)OCO3)[C@H]1C(=O)OCC. The van der Waals surface area contributed by atoms with E-state index in [0.29, 0.717) is 35.2 Å². The lowest BCUT2D eigenvalue weighted by Crippen LogP contribution is -2.33. The third-order valence-electron chi connectivity index (χ3n) is 5.99. The summed E-state index contributed by atoms with van der Waals surface area (Å²) in [6.07, 6.45) is -0.0238. The molecule has 9 heteroatoms. The largest absolute Gasteiger partial charge is 0.492 e. The van der Waals surface area contributed by atoms with E-state index in [9.17, 15) is 9.59 Å². The molecular weight excluding hydrogens is 456 g/mol. The van der Waals surface area contributed by atoms with Crippen LogP contribution < -0.4 is 18.9 Å². The molecule has 3 aliphatic heterocycles. The molecule has 5 rings (SSSR count). The Morgan fingerprint density at radius 3 is 2.09 bits per heavy atom. The van der Waals surface area contributed by atoms with E-state index in [4.69, 9.17) is 33.2 Å². The standard InChI is InChI=1S/C26H26O9/c1-3-29-25(27)23-21(11-15-5-7-17-19(9-15)33-13-31-17)35-22(24(23)26(28)30-4-2)12-16-6-8-18-20(10-16)34-14-32-18/h5-10,21,23H,3-4,11-14H2,1-2H3/t21-,23+/m0/s1. The van der Waals surface area contributed by atoms with Gasteiger partial charge < -0.3 is 33.2 Å². The van der Waals surface area contributed by atoms with E-state index in [-0.39, 0.29) is 38.8 Å². The fourth-order valence-electron chi connectivity index (χ4n) is 4.46. The predicted molar refractivity (Wildman–Crippen MR) is 121 cm³/mol. The third-order valence-corrected chi connectivity index (χ3v) is 5.99. The van der Waals surface area contributed by atoms with Crippen molar-refractivity contribution in [2.45, 2.75) is 32.8 Å². The lowest BCUT2D eigenvalue weighted by atomic mass is 9.90. The highest BCUT2D eigenvalue weighted by atomic mass is 16.7. The fraction of sp³-hybridized carbons (Fsp3) is 0.385. The van der Waals surface area contributed by atoms with Crippen LogP contribution in [0.3, 0.4) is 0 Å². The zero-order chi connectivity index (χ0) is 24.4. The number of carbonyl (C=O) groups is 2. The number of allylic oxidation sites excluding steroid dienone is 1. The molecule has 184 valence electrons. The number of fused-ring (bicyclic) bond motifs is 2. The Hall–Kier alpha value is -3.88. The van der Waals surface area contributed by atoms with Crippen LogP contribution in [-0.4, -0.2) is 44.8 Å². The van der Waals surface area contributed by atoms with E-state index >= 15 is 0 Å². The number of hydrogen-bond acceptors (Lipinski definition) is 9. The summed E-state index contributed by atoms with van der Waals surface area (Å²) in [6, 6.07) is 11.1. The molecule has 3 aliphatic rings. The zero-order valence-corrected chi connectivity index (χ0v) is 19.5. The van der Waals surface area contributed by atoms with Gasteiger partial charge in [0.1, 0.15) is 17.8 Å². The van der Waals surface area contributed by atoms with Crippen molar-refractivity contribution in [3.8, 4) is 23.0 Å². The molecule has 3 heterocycles. The monoisotopic (exact) mass is 482 g/mol. The van der Waals surface area contributed by atoms with Crippen molar-refractivity contribution in [2.75, 3.05) is 26.8 Å². The highest BCUT2D eigenvalue weighted by Gasteiger charge is 2.46. The summed E-state index contributed by atoms with van der Waals surface area (Å²) in [7, 11) is 0. The van der Waals surface area contributed by atoms with Crippen molar-refractivity contribution >= 4 is 11.9 Å². The molecule has 2 aromatic rings. The van der Waals surface area contributed by atoms with Crippen molar-refractivity contribution in [2.24, 2.45) is 5.92 Å². The van der Waals surface area contributed by atoms with Crippen LogP contribution in [0.2, 0.25) is 0 Å². The lowest BCUT2D eigenvalue weighted by Gasteiger charge is -2.20. The number of benzene rings is 2. The summed E-state index contributed by atoms with van der Waals surface area (Å²) in [5, 5.41) is 0. The number of ether oxygens (including phenoxy) is 7. The highest BCUT2D eigenvalue weighted by molar-refractivity contribution is 5.97. The van der Waals surface area contributed by atoms with E-state index in [0.717, 1.165) is 11.1 Å².